The van der Waals surface area contributed by atoms with Gasteiger partial charge in [0.15, 0.2) is 16.5 Å². The molecule has 0 spiro atoms. The summed E-state index contributed by atoms with van der Waals surface area (Å²) in [6.07, 6.45) is 2.25. The highest BCUT2D eigenvalue weighted by Crippen LogP contribution is 2.35. The molecule has 0 aliphatic rings. The van der Waals surface area contributed by atoms with Crippen LogP contribution in [0, 0.1) is 24.0 Å². The van der Waals surface area contributed by atoms with Gasteiger partial charge in [0.2, 0.25) is 6.30 Å². The summed E-state index contributed by atoms with van der Waals surface area (Å²) in [5, 5.41) is 3.77. The molecule has 1 unspecified atom stereocenters. The quantitative estimate of drug-likeness (QED) is 0.164. The molecular formula is C28H26F5N3O3S. The van der Waals surface area contributed by atoms with Crippen molar-refractivity contribution in [1.82, 2.24) is 14.7 Å². The maximum Gasteiger partial charge on any atom is 0.387 e. The van der Waals surface area contributed by atoms with Gasteiger partial charge in [0, 0.05) is 28.3 Å². The van der Waals surface area contributed by atoms with E-state index in [0.29, 0.717) is 10.5 Å². The topological polar surface area (TPSA) is 64.9 Å². The number of hydrogen-bond donors (Lipinski definition) is 1. The highest BCUT2D eigenvalue weighted by molar-refractivity contribution is 7.15. The van der Waals surface area contributed by atoms with Crippen LogP contribution in [0.15, 0.2) is 41.9 Å². The lowest BCUT2D eigenvalue weighted by Crippen LogP contribution is -2.28. The molecule has 0 saturated heterocycles. The Labute approximate surface area is 231 Å². The number of carbonyl (C=O) groups excluding carboxylic acids is 1. The Balaban J connectivity index is 1.68. The van der Waals surface area contributed by atoms with Crippen molar-refractivity contribution in [3.63, 3.8) is 0 Å². The first-order chi connectivity index (χ1) is 18.9. The van der Waals surface area contributed by atoms with Gasteiger partial charge in [0.05, 0.1) is 12.3 Å². The van der Waals surface area contributed by atoms with E-state index in [1.807, 2.05) is 20.8 Å². The lowest BCUT2D eigenvalue weighted by Gasteiger charge is -2.21. The molecule has 12 heteroatoms. The molecule has 0 bridgehead atoms. The average Bonchev–Trinajstić information content (AvgIpc) is 3.45. The summed E-state index contributed by atoms with van der Waals surface area (Å²) >= 11 is 1.22. The van der Waals surface area contributed by atoms with Crippen LogP contribution in [0.4, 0.5) is 22.0 Å². The van der Waals surface area contributed by atoms with Gasteiger partial charge >= 0.3 is 6.61 Å². The zero-order valence-electron chi connectivity index (χ0n) is 22.0. The van der Waals surface area contributed by atoms with E-state index in [1.165, 1.54) is 40.0 Å². The third kappa shape index (κ3) is 6.44. The average molecular weight is 580 g/mol. The normalized spacial score (nSPS) is 12.8. The molecule has 1 N–H and O–H groups in total. The molecule has 0 aliphatic carbocycles. The van der Waals surface area contributed by atoms with E-state index in [2.05, 4.69) is 15.0 Å². The molecule has 0 saturated carbocycles. The Bertz CT molecular complexity index is 1560. The van der Waals surface area contributed by atoms with Gasteiger partial charge in [-0.05, 0) is 42.7 Å². The lowest BCUT2D eigenvalue weighted by molar-refractivity contribution is -0.0517. The number of aromatic nitrogens is 2. The first-order valence-corrected chi connectivity index (χ1v) is 13.0. The largest absolute Gasteiger partial charge is 0.489 e. The van der Waals surface area contributed by atoms with Gasteiger partial charge in [-0.15, -0.1) is 11.3 Å². The molecule has 40 heavy (non-hydrogen) atoms. The van der Waals surface area contributed by atoms with Crippen molar-refractivity contribution in [2.24, 2.45) is 5.41 Å². The maximum absolute atomic E-state index is 15.0. The van der Waals surface area contributed by atoms with Crippen LogP contribution in [0.5, 0.6) is 11.5 Å². The molecule has 4 rings (SSSR count). The van der Waals surface area contributed by atoms with Crippen LogP contribution in [0.3, 0.4) is 0 Å². The summed E-state index contributed by atoms with van der Waals surface area (Å²) in [5.74, 6) is -2.93. The van der Waals surface area contributed by atoms with Crippen LogP contribution in [0.25, 0.3) is 17.1 Å². The van der Waals surface area contributed by atoms with Crippen molar-refractivity contribution >= 4 is 34.4 Å². The van der Waals surface area contributed by atoms with E-state index < -0.39 is 36.0 Å². The maximum atomic E-state index is 15.0. The SMILES string of the molecule is Cc1c(F)ccc(C(F)NC(=O)c2c(C=Cc3cccc(OC(F)F)c3OCC(C)(C)C)nc3sccn23)c1F. The van der Waals surface area contributed by atoms with Crippen LogP contribution in [-0.2, 0) is 0 Å². The molecule has 2 aromatic carbocycles. The van der Waals surface area contributed by atoms with Crippen molar-refractivity contribution in [2.75, 3.05) is 6.61 Å². The molecule has 2 heterocycles. The van der Waals surface area contributed by atoms with Crippen molar-refractivity contribution in [1.29, 1.82) is 0 Å². The monoisotopic (exact) mass is 579 g/mol. The summed E-state index contributed by atoms with van der Waals surface area (Å²) in [6, 6.07) is 6.32. The Kier molecular flexibility index (Phi) is 8.48. The molecule has 2 aromatic heterocycles. The number of ether oxygens (including phenoxy) is 2. The molecule has 0 aliphatic heterocycles. The van der Waals surface area contributed by atoms with E-state index in [9.17, 15) is 22.4 Å². The number of thiazole rings is 1. The zero-order chi connectivity index (χ0) is 29.2. The second-order valence-corrected chi connectivity index (χ2v) is 10.9. The van der Waals surface area contributed by atoms with E-state index in [-0.39, 0.29) is 40.5 Å². The van der Waals surface area contributed by atoms with Crippen molar-refractivity contribution in [3.8, 4) is 11.5 Å². The van der Waals surface area contributed by atoms with Gasteiger partial charge in [0.1, 0.15) is 17.3 Å². The third-order valence-corrected chi connectivity index (χ3v) is 6.44. The van der Waals surface area contributed by atoms with E-state index in [1.54, 1.807) is 17.6 Å². The Morgan fingerprint density at radius 2 is 1.90 bits per heavy atom. The van der Waals surface area contributed by atoms with Gasteiger partial charge in [-0.1, -0.05) is 32.9 Å². The molecule has 212 valence electrons. The Morgan fingerprint density at radius 1 is 1.15 bits per heavy atom. The van der Waals surface area contributed by atoms with Crippen LogP contribution >= 0.6 is 11.3 Å². The number of nitrogens with zero attached hydrogens (tertiary/aromatic N) is 2. The highest BCUT2D eigenvalue weighted by atomic mass is 32.1. The number of para-hydroxylation sites is 1. The van der Waals surface area contributed by atoms with Gasteiger partial charge in [-0.25, -0.2) is 18.2 Å². The fourth-order valence-corrected chi connectivity index (χ4v) is 4.47. The number of fused-ring (bicyclic) bond motifs is 1. The lowest BCUT2D eigenvalue weighted by atomic mass is 9.98. The minimum atomic E-state index is -3.07. The summed E-state index contributed by atoms with van der Waals surface area (Å²) in [4.78, 5) is 18.0. The second kappa shape index (κ2) is 11.7. The smallest absolute Gasteiger partial charge is 0.387 e. The Hall–Kier alpha value is -3.93. The van der Waals surface area contributed by atoms with Gasteiger partial charge in [-0.3, -0.25) is 9.20 Å². The van der Waals surface area contributed by atoms with Crippen LogP contribution in [-0.4, -0.2) is 28.5 Å². The van der Waals surface area contributed by atoms with Gasteiger partial charge in [-0.2, -0.15) is 8.78 Å². The number of alkyl halides is 3. The number of rotatable bonds is 9. The number of carbonyl (C=O) groups is 1. The van der Waals surface area contributed by atoms with Gasteiger partial charge in [0.25, 0.3) is 5.91 Å². The fourth-order valence-electron chi connectivity index (χ4n) is 3.75. The summed E-state index contributed by atoms with van der Waals surface area (Å²) in [5.41, 5.74) is -0.723. The van der Waals surface area contributed by atoms with Crippen molar-refractivity contribution in [3.05, 3.63) is 81.6 Å². The molecular weight excluding hydrogens is 553 g/mol. The molecule has 6 nitrogen and oxygen atoms in total. The Morgan fingerprint density at radius 3 is 2.60 bits per heavy atom. The number of hydrogen-bond acceptors (Lipinski definition) is 5. The number of nitrogens with one attached hydrogen (secondary N) is 1. The van der Waals surface area contributed by atoms with Crippen molar-refractivity contribution in [2.45, 2.75) is 40.6 Å². The minimum absolute atomic E-state index is 0.0495. The number of imidazole rings is 1. The second-order valence-electron chi connectivity index (χ2n) is 10.0. The molecule has 0 radical (unpaired) electrons. The fraction of sp³-hybridized carbons (Fsp3) is 0.286. The molecule has 4 aromatic rings. The third-order valence-electron chi connectivity index (χ3n) is 5.68. The van der Waals surface area contributed by atoms with Gasteiger partial charge < -0.3 is 14.8 Å². The predicted molar refractivity (Wildman–Crippen MR) is 142 cm³/mol. The summed E-state index contributed by atoms with van der Waals surface area (Å²) in [6.45, 7) is 4.04. The van der Waals surface area contributed by atoms with Crippen LogP contribution in [0.1, 0.15) is 59.9 Å². The predicted octanol–water partition coefficient (Wildman–Crippen LogP) is 7.58. The van der Waals surface area contributed by atoms with Crippen LogP contribution in [0.2, 0.25) is 0 Å². The minimum Gasteiger partial charge on any atom is -0.489 e. The first kappa shape index (κ1) is 29.1. The number of benzene rings is 2. The standard InChI is InChI=1S/C28H26F5N3O3S/c1-15-18(29)10-9-17(21(15)30)24(31)35-25(37)22-19(34-27-36(22)12-13-40-27)11-8-16-6-5-7-20(39-26(32)33)23(16)38-14-28(2,3)4/h5-13,24,26H,14H2,1-4H3,(H,35,37). The molecule has 1 atom stereocenters. The zero-order valence-corrected chi connectivity index (χ0v) is 22.8. The molecule has 1 amide bonds. The van der Waals surface area contributed by atoms with Crippen molar-refractivity contribution < 1.29 is 36.2 Å². The van der Waals surface area contributed by atoms with E-state index in [0.717, 1.165) is 19.1 Å². The number of amides is 1. The number of halogens is 5. The summed E-state index contributed by atoms with van der Waals surface area (Å²) in [7, 11) is 0. The van der Waals surface area contributed by atoms with E-state index in [4.69, 9.17) is 4.74 Å². The molecule has 0 fully saturated rings. The van der Waals surface area contributed by atoms with E-state index >= 15 is 4.39 Å². The summed E-state index contributed by atoms with van der Waals surface area (Å²) < 4.78 is 81.1. The van der Waals surface area contributed by atoms with Crippen LogP contribution < -0.4 is 14.8 Å². The first-order valence-electron chi connectivity index (χ1n) is 12.1. The highest BCUT2D eigenvalue weighted by Gasteiger charge is 2.25.